The minimum atomic E-state index is -0.314. The lowest BCUT2D eigenvalue weighted by atomic mass is 10.0. The van der Waals surface area contributed by atoms with Crippen LogP contribution < -0.4 is 5.32 Å². The molecule has 1 aliphatic heterocycles. The molecule has 1 aliphatic rings. The van der Waals surface area contributed by atoms with E-state index in [1.54, 1.807) is 0 Å². The van der Waals surface area contributed by atoms with Crippen LogP contribution in [0.3, 0.4) is 0 Å². The van der Waals surface area contributed by atoms with Gasteiger partial charge in [0.1, 0.15) is 11.0 Å². The van der Waals surface area contributed by atoms with Crippen molar-refractivity contribution in [3.63, 3.8) is 0 Å². The third-order valence-corrected chi connectivity index (χ3v) is 2.65. The largest absolute Gasteiger partial charge is 0.316 e. The van der Waals surface area contributed by atoms with E-state index in [-0.39, 0.29) is 5.82 Å². The van der Waals surface area contributed by atoms with Crippen LogP contribution in [-0.4, -0.2) is 18.1 Å². The van der Waals surface area contributed by atoms with Crippen molar-refractivity contribution in [3.05, 3.63) is 28.8 Å². The van der Waals surface area contributed by atoms with Crippen molar-refractivity contribution in [2.75, 3.05) is 13.1 Å². The Morgan fingerprint density at radius 1 is 1.62 bits per heavy atom. The Labute approximate surface area is 81.1 Å². The molecule has 13 heavy (non-hydrogen) atoms. The molecule has 1 atom stereocenters. The van der Waals surface area contributed by atoms with Crippen molar-refractivity contribution in [3.8, 4) is 0 Å². The highest BCUT2D eigenvalue weighted by Crippen LogP contribution is 2.27. The topological polar surface area (TPSA) is 24.9 Å². The number of hydrogen-bond acceptors (Lipinski definition) is 2. The summed E-state index contributed by atoms with van der Waals surface area (Å²) in [5, 5.41) is 3.63. The molecule has 2 nitrogen and oxygen atoms in total. The first kappa shape index (κ1) is 8.91. The molecule has 1 saturated heterocycles. The summed E-state index contributed by atoms with van der Waals surface area (Å²) in [4.78, 5) is 3.79. The van der Waals surface area contributed by atoms with Crippen LogP contribution in [0.4, 0.5) is 4.39 Å². The van der Waals surface area contributed by atoms with Crippen molar-refractivity contribution >= 4 is 11.6 Å². The Hall–Kier alpha value is -0.670. The van der Waals surface area contributed by atoms with E-state index in [4.69, 9.17) is 11.6 Å². The van der Waals surface area contributed by atoms with Crippen LogP contribution >= 0.6 is 11.6 Å². The van der Waals surface area contributed by atoms with Gasteiger partial charge in [-0.05, 0) is 24.6 Å². The standard InChI is InChI=1S/C9H10ClFN2/c10-9-8(3-7(11)5-13-9)6-1-2-12-4-6/h3,5-6,12H,1-2,4H2. The van der Waals surface area contributed by atoms with Crippen LogP contribution in [0.1, 0.15) is 17.9 Å². The van der Waals surface area contributed by atoms with Gasteiger partial charge in [-0.25, -0.2) is 9.37 Å². The summed E-state index contributed by atoms with van der Waals surface area (Å²) in [6.07, 6.45) is 2.15. The first-order valence-electron chi connectivity index (χ1n) is 4.29. The lowest BCUT2D eigenvalue weighted by Crippen LogP contribution is -2.08. The van der Waals surface area contributed by atoms with Gasteiger partial charge in [0, 0.05) is 12.5 Å². The summed E-state index contributed by atoms with van der Waals surface area (Å²) < 4.78 is 12.9. The van der Waals surface area contributed by atoms with Crippen LogP contribution in [0.5, 0.6) is 0 Å². The van der Waals surface area contributed by atoms with Crippen molar-refractivity contribution < 1.29 is 4.39 Å². The second kappa shape index (κ2) is 3.60. The molecule has 1 aromatic heterocycles. The van der Waals surface area contributed by atoms with Gasteiger partial charge in [-0.15, -0.1) is 0 Å². The smallest absolute Gasteiger partial charge is 0.141 e. The zero-order chi connectivity index (χ0) is 9.26. The van der Waals surface area contributed by atoms with Crippen molar-refractivity contribution in [1.82, 2.24) is 10.3 Å². The third kappa shape index (κ3) is 1.81. The van der Waals surface area contributed by atoms with Crippen molar-refractivity contribution in [2.45, 2.75) is 12.3 Å². The van der Waals surface area contributed by atoms with Gasteiger partial charge in [0.2, 0.25) is 0 Å². The fourth-order valence-corrected chi connectivity index (χ4v) is 1.90. The normalized spacial score (nSPS) is 22.2. The molecule has 0 bridgehead atoms. The second-order valence-electron chi connectivity index (χ2n) is 3.22. The molecule has 2 heterocycles. The fourth-order valence-electron chi connectivity index (χ4n) is 1.64. The molecule has 0 aromatic carbocycles. The maximum absolute atomic E-state index is 12.9. The molecule has 4 heteroatoms. The van der Waals surface area contributed by atoms with E-state index >= 15 is 0 Å². The lowest BCUT2D eigenvalue weighted by Gasteiger charge is -2.09. The van der Waals surface area contributed by atoms with E-state index in [1.165, 1.54) is 6.07 Å². The van der Waals surface area contributed by atoms with E-state index in [0.29, 0.717) is 11.1 Å². The molecule has 0 radical (unpaired) electrons. The van der Waals surface area contributed by atoms with Gasteiger partial charge in [0.25, 0.3) is 0 Å². The maximum Gasteiger partial charge on any atom is 0.141 e. The molecule has 0 spiro atoms. The summed E-state index contributed by atoms with van der Waals surface area (Å²) in [7, 11) is 0. The lowest BCUT2D eigenvalue weighted by molar-refractivity contribution is 0.613. The highest BCUT2D eigenvalue weighted by molar-refractivity contribution is 6.30. The maximum atomic E-state index is 12.9. The summed E-state index contributed by atoms with van der Waals surface area (Å²) in [6.45, 7) is 1.84. The molecule has 0 aliphatic carbocycles. The number of hydrogen-bond donors (Lipinski definition) is 1. The summed E-state index contributed by atoms with van der Waals surface area (Å²) in [6, 6.07) is 1.48. The number of pyridine rings is 1. The van der Waals surface area contributed by atoms with Gasteiger partial charge >= 0.3 is 0 Å². The van der Waals surface area contributed by atoms with E-state index in [2.05, 4.69) is 10.3 Å². The number of nitrogens with zero attached hydrogens (tertiary/aromatic N) is 1. The van der Waals surface area contributed by atoms with Gasteiger partial charge in [0.15, 0.2) is 0 Å². The molecular formula is C9H10ClFN2. The predicted molar refractivity (Wildman–Crippen MR) is 49.4 cm³/mol. The fraction of sp³-hybridized carbons (Fsp3) is 0.444. The number of halogens is 2. The Bertz CT molecular complexity index is 310. The van der Waals surface area contributed by atoms with Crippen LogP contribution in [-0.2, 0) is 0 Å². The monoisotopic (exact) mass is 200 g/mol. The zero-order valence-electron chi connectivity index (χ0n) is 7.06. The molecule has 70 valence electrons. The van der Waals surface area contributed by atoms with E-state index in [1.807, 2.05) is 0 Å². The highest BCUT2D eigenvalue weighted by Gasteiger charge is 2.20. The number of aromatic nitrogens is 1. The quantitative estimate of drug-likeness (QED) is 0.701. The highest BCUT2D eigenvalue weighted by atomic mass is 35.5. The molecule has 1 unspecified atom stereocenters. The average molecular weight is 201 g/mol. The minimum absolute atomic E-state index is 0.314. The predicted octanol–water partition coefficient (Wildman–Crippen LogP) is 1.95. The first-order chi connectivity index (χ1) is 6.27. The van der Waals surface area contributed by atoms with Crippen LogP contribution in [0, 0.1) is 5.82 Å². The van der Waals surface area contributed by atoms with Gasteiger partial charge in [-0.2, -0.15) is 0 Å². The SMILES string of the molecule is Fc1cnc(Cl)c(C2CCNC2)c1. The number of rotatable bonds is 1. The van der Waals surface area contributed by atoms with Gasteiger partial charge in [-0.3, -0.25) is 0 Å². The summed E-state index contributed by atoms with van der Waals surface area (Å²) >= 11 is 5.87. The van der Waals surface area contributed by atoms with E-state index < -0.39 is 0 Å². The van der Waals surface area contributed by atoms with E-state index in [9.17, 15) is 4.39 Å². The number of nitrogens with one attached hydrogen (secondary N) is 1. The average Bonchev–Trinajstić information content (AvgIpc) is 2.61. The Kier molecular flexibility index (Phi) is 2.47. The molecule has 1 fully saturated rings. The summed E-state index contributed by atoms with van der Waals surface area (Å²) in [5.41, 5.74) is 0.826. The van der Waals surface area contributed by atoms with Gasteiger partial charge in [0.05, 0.1) is 6.20 Å². The zero-order valence-corrected chi connectivity index (χ0v) is 7.81. The first-order valence-corrected chi connectivity index (χ1v) is 4.67. The van der Waals surface area contributed by atoms with Gasteiger partial charge in [-0.1, -0.05) is 11.6 Å². The van der Waals surface area contributed by atoms with Crippen molar-refractivity contribution in [2.24, 2.45) is 0 Å². The van der Waals surface area contributed by atoms with Crippen LogP contribution in [0.2, 0.25) is 5.15 Å². The van der Waals surface area contributed by atoms with Gasteiger partial charge < -0.3 is 5.32 Å². The molecule has 1 N–H and O–H groups in total. The molecule has 0 amide bonds. The molecule has 1 aromatic rings. The molecular weight excluding hydrogens is 191 g/mol. The Morgan fingerprint density at radius 2 is 2.46 bits per heavy atom. The third-order valence-electron chi connectivity index (χ3n) is 2.33. The second-order valence-corrected chi connectivity index (χ2v) is 3.58. The Balaban J connectivity index is 2.32. The molecule has 2 rings (SSSR count). The van der Waals surface area contributed by atoms with E-state index in [0.717, 1.165) is 31.3 Å². The van der Waals surface area contributed by atoms with Crippen LogP contribution in [0.15, 0.2) is 12.3 Å². The minimum Gasteiger partial charge on any atom is -0.316 e. The van der Waals surface area contributed by atoms with Crippen LogP contribution in [0.25, 0.3) is 0 Å². The molecule has 0 saturated carbocycles. The summed E-state index contributed by atoms with van der Waals surface area (Å²) in [5.74, 6) is 0.00185. The van der Waals surface area contributed by atoms with Crippen molar-refractivity contribution in [1.29, 1.82) is 0 Å². The Morgan fingerprint density at radius 3 is 3.15 bits per heavy atom.